The minimum absolute atomic E-state index is 0.0534. The fourth-order valence-electron chi connectivity index (χ4n) is 8.83. The number of fused-ring (bicyclic) bond motifs is 1. The van der Waals surface area contributed by atoms with Crippen LogP contribution in [0.2, 0.25) is 0 Å². The second-order valence-corrected chi connectivity index (χ2v) is 13.8. The lowest BCUT2D eigenvalue weighted by atomic mass is 9.65. The summed E-state index contributed by atoms with van der Waals surface area (Å²) >= 11 is 0. The maximum atomic E-state index is 15.6. The van der Waals surface area contributed by atoms with Gasteiger partial charge in [-0.3, -0.25) is 24.3 Å². The number of piperazine rings is 1. The summed E-state index contributed by atoms with van der Waals surface area (Å²) in [7, 11) is 0. The third-order valence-electron chi connectivity index (χ3n) is 11.2. The number of hydrogen-bond acceptors (Lipinski definition) is 8. The molecule has 2 amide bonds. The van der Waals surface area contributed by atoms with Crippen LogP contribution < -0.4 is 22.1 Å². The van der Waals surface area contributed by atoms with E-state index in [1.807, 2.05) is 4.90 Å². The van der Waals surface area contributed by atoms with Crippen molar-refractivity contribution in [2.45, 2.75) is 120 Å². The monoisotopic (exact) mass is 610 g/mol. The second-order valence-electron chi connectivity index (χ2n) is 13.8. The first kappa shape index (κ1) is 32.9. The van der Waals surface area contributed by atoms with Gasteiger partial charge in [-0.2, -0.15) is 0 Å². The molecule has 5 rings (SSSR count). The molecule has 0 bridgehead atoms. The van der Waals surface area contributed by atoms with E-state index >= 15 is 4.39 Å². The summed E-state index contributed by atoms with van der Waals surface area (Å²) in [6, 6.07) is -1.24. The zero-order valence-electron chi connectivity index (χ0n) is 26.4. The highest BCUT2D eigenvalue weighted by Gasteiger charge is 2.58. The molecule has 0 aromatic carbocycles. The van der Waals surface area contributed by atoms with Gasteiger partial charge in [0.05, 0.1) is 30.2 Å². The van der Waals surface area contributed by atoms with Crippen LogP contribution in [0.25, 0.3) is 0 Å². The molecule has 10 nitrogen and oxygen atoms in total. The smallest absolute Gasteiger partial charge is 0.240 e. The van der Waals surface area contributed by atoms with Crippen LogP contribution in [0.5, 0.6) is 0 Å². The van der Waals surface area contributed by atoms with Crippen LogP contribution in [0.3, 0.4) is 0 Å². The Morgan fingerprint density at radius 2 is 1.81 bits per heavy atom. The molecule has 8 unspecified atom stereocenters. The van der Waals surface area contributed by atoms with Gasteiger partial charge in [0.15, 0.2) is 0 Å². The van der Waals surface area contributed by atoms with E-state index in [4.69, 9.17) is 11.5 Å². The van der Waals surface area contributed by atoms with Crippen LogP contribution >= 0.6 is 0 Å². The van der Waals surface area contributed by atoms with Crippen molar-refractivity contribution in [1.82, 2.24) is 30.2 Å². The number of likely N-dealkylation sites (tertiary alicyclic amines) is 1. The number of amides is 2. The van der Waals surface area contributed by atoms with Crippen molar-refractivity contribution in [3.63, 3.8) is 0 Å². The van der Waals surface area contributed by atoms with Crippen LogP contribution in [0.1, 0.15) is 71.6 Å². The van der Waals surface area contributed by atoms with Gasteiger partial charge in [-0.1, -0.05) is 33.1 Å². The predicted octanol–water partition coefficient (Wildman–Crippen LogP) is 0.795. The number of nitrogens with one attached hydrogen (secondary N) is 2. The van der Waals surface area contributed by atoms with Crippen molar-refractivity contribution < 1.29 is 18.4 Å². The van der Waals surface area contributed by atoms with Crippen molar-refractivity contribution in [2.24, 2.45) is 17.4 Å². The molecule has 5 aliphatic heterocycles. The number of hydrogen-bond donors (Lipinski definition) is 4. The van der Waals surface area contributed by atoms with Crippen LogP contribution in [0.4, 0.5) is 8.78 Å². The summed E-state index contributed by atoms with van der Waals surface area (Å²) in [6.07, 6.45) is 5.39. The molecule has 0 spiro atoms. The lowest BCUT2D eigenvalue weighted by Gasteiger charge is -2.64. The lowest BCUT2D eigenvalue weighted by molar-refractivity contribution is -0.160. The van der Waals surface area contributed by atoms with E-state index in [2.05, 4.69) is 39.2 Å². The largest absolute Gasteiger partial charge is 0.350 e. The van der Waals surface area contributed by atoms with E-state index in [9.17, 15) is 14.0 Å². The predicted molar refractivity (Wildman–Crippen MR) is 164 cm³/mol. The molecule has 12 heteroatoms. The van der Waals surface area contributed by atoms with Gasteiger partial charge >= 0.3 is 0 Å². The Morgan fingerprint density at radius 3 is 2.51 bits per heavy atom. The molecule has 5 heterocycles. The fraction of sp³-hybridized carbons (Fsp3) is 0.935. The molecule has 5 fully saturated rings. The Bertz CT molecular complexity index is 949. The molecular formula is C31H56F2N8O2. The fourth-order valence-corrected chi connectivity index (χ4v) is 8.83. The van der Waals surface area contributed by atoms with E-state index in [0.29, 0.717) is 45.7 Å². The van der Waals surface area contributed by atoms with Gasteiger partial charge in [-0.15, -0.1) is 0 Å². The van der Waals surface area contributed by atoms with Gasteiger partial charge < -0.3 is 27.0 Å². The minimum Gasteiger partial charge on any atom is -0.350 e. The van der Waals surface area contributed by atoms with Crippen molar-refractivity contribution in [1.29, 1.82) is 0 Å². The van der Waals surface area contributed by atoms with Crippen molar-refractivity contribution in [3.8, 4) is 0 Å². The molecule has 0 aromatic heterocycles. The average Bonchev–Trinajstić information content (AvgIpc) is 3.00. The summed E-state index contributed by atoms with van der Waals surface area (Å²) in [5, 5.41) is 6.28. The first-order valence-electron chi connectivity index (χ1n) is 17.0. The number of unbranched alkanes of at least 4 members (excludes halogenated alkanes) is 1. The number of likely N-dealkylation sites (N-methyl/N-ethyl adjacent to an activating group) is 1. The Balaban J connectivity index is 1.22. The van der Waals surface area contributed by atoms with E-state index < -0.39 is 36.5 Å². The number of halogens is 2. The molecule has 6 N–H and O–H groups in total. The molecule has 5 saturated heterocycles. The molecule has 0 aromatic rings. The topological polar surface area (TPSA) is 123 Å². The number of carbonyl (C=O) groups excluding carboxylic acids is 2. The molecule has 0 saturated carbocycles. The first-order valence-corrected chi connectivity index (χ1v) is 17.0. The van der Waals surface area contributed by atoms with Crippen LogP contribution in [0.15, 0.2) is 0 Å². The highest BCUT2D eigenvalue weighted by atomic mass is 19.1. The normalized spacial score (nSPS) is 37.0. The van der Waals surface area contributed by atoms with Crippen molar-refractivity contribution >= 4 is 11.8 Å². The standard InChI is InChI=1S/C31H56F2N8O2/c1-3-5-10-31-11-9-21(32)20-41(31)25(17-31)26(28(34)35)29(42)37-23-19-36-18-22(33)27(23)39-13-15-40(16-14-39)30(43)24-8-6-7-12-38(24)4-2/h21-28,36H,3-20,34-35H2,1-2H3,(H,37,42). The number of piperidine rings is 3. The maximum absolute atomic E-state index is 15.6. The zero-order chi connectivity index (χ0) is 30.7. The molecule has 0 radical (unpaired) electrons. The SMILES string of the molecule is CCCCC12CCC(F)CN1C(C(C(=O)NC1CNCC(F)C1N1CCN(C(=O)C3CCCCN3CC)CC1)C(N)N)C2. The quantitative estimate of drug-likeness (QED) is 0.268. The summed E-state index contributed by atoms with van der Waals surface area (Å²) < 4.78 is 30.1. The highest BCUT2D eigenvalue weighted by molar-refractivity contribution is 5.82. The summed E-state index contributed by atoms with van der Waals surface area (Å²) in [4.78, 5) is 35.7. The van der Waals surface area contributed by atoms with E-state index in [0.717, 1.165) is 64.5 Å². The summed E-state index contributed by atoms with van der Waals surface area (Å²) in [5.74, 6) is -0.786. The lowest BCUT2D eigenvalue weighted by Crippen LogP contribution is -2.75. The number of rotatable bonds is 10. The number of alkyl halides is 2. The first-order chi connectivity index (χ1) is 20.7. The van der Waals surface area contributed by atoms with E-state index in [-0.39, 0.29) is 36.0 Å². The third kappa shape index (κ3) is 6.89. The Morgan fingerprint density at radius 1 is 1.05 bits per heavy atom. The zero-order valence-corrected chi connectivity index (χ0v) is 26.4. The average molecular weight is 611 g/mol. The van der Waals surface area contributed by atoms with Gasteiger partial charge in [-0.25, -0.2) is 8.78 Å². The van der Waals surface area contributed by atoms with Crippen molar-refractivity contribution in [2.75, 3.05) is 58.9 Å². The van der Waals surface area contributed by atoms with Crippen molar-refractivity contribution in [3.05, 3.63) is 0 Å². The summed E-state index contributed by atoms with van der Waals surface area (Å²) in [5.41, 5.74) is 12.4. The summed E-state index contributed by atoms with van der Waals surface area (Å²) in [6.45, 7) is 9.32. The number of carbonyl (C=O) groups is 2. The molecule has 246 valence electrons. The van der Waals surface area contributed by atoms with Gasteiger partial charge in [-0.05, 0) is 51.6 Å². The van der Waals surface area contributed by atoms with Crippen LogP contribution in [-0.2, 0) is 9.59 Å². The Kier molecular flexibility index (Phi) is 11.0. The second kappa shape index (κ2) is 14.3. The molecule has 8 atom stereocenters. The molecular weight excluding hydrogens is 554 g/mol. The number of nitrogens with zero attached hydrogens (tertiary/aromatic N) is 4. The van der Waals surface area contributed by atoms with Gasteiger partial charge in [0.2, 0.25) is 11.8 Å². The Labute approximate surface area is 256 Å². The van der Waals surface area contributed by atoms with Gasteiger partial charge in [0.1, 0.15) is 12.3 Å². The maximum Gasteiger partial charge on any atom is 0.240 e. The van der Waals surface area contributed by atoms with Crippen LogP contribution in [-0.4, -0.2) is 139 Å². The third-order valence-corrected chi connectivity index (χ3v) is 11.2. The van der Waals surface area contributed by atoms with E-state index in [1.165, 1.54) is 0 Å². The minimum atomic E-state index is -1.17. The molecule has 0 aliphatic carbocycles. The molecule has 43 heavy (non-hydrogen) atoms. The molecule has 5 aliphatic rings. The highest BCUT2D eigenvalue weighted by Crippen LogP contribution is 2.50. The number of nitrogens with two attached hydrogens (primary N) is 2. The van der Waals surface area contributed by atoms with Gasteiger partial charge in [0, 0.05) is 57.4 Å². The van der Waals surface area contributed by atoms with Crippen LogP contribution in [0, 0.1) is 5.92 Å². The Hall–Kier alpha value is -1.44. The van der Waals surface area contributed by atoms with E-state index in [1.54, 1.807) is 0 Å². The van der Waals surface area contributed by atoms with Gasteiger partial charge in [0.25, 0.3) is 0 Å².